The van der Waals surface area contributed by atoms with Crippen LogP contribution in [-0.4, -0.2) is 53.4 Å². The number of carbonyl (C=O) groups excluding carboxylic acids is 2. The van der Waals surface area contributed by atoms with E-state index in [0.717, 1.165) is 17.3 Å². The highest BCUT2D eigenvalue weighted by Gasteiger charge is 2.49. The van der Waals surface area contributed by atoms with Crippen molar-refractivity contribution in [1.29, 1.82) is 0 Å². The maximum atomic E-state index is 12.0. The molecule has 3 aliphatic heterocycles. The fourth-order valence-corrected chi connectivity index (χ4v) is 4.31. The zero-order valence-corrected chi connectivity index (χ0v) is 11.2. The summed E-state index contributed by atoms with van der Waals surface area (Å²) in [5.74, 6) is 0.146. The molecule has 0 radical (unpaired) electrons. The number of hydrogen-bond acceptors (Lipinski definition) is 2. The summed E-state index contributed by atoms with van der Waals surface area (Å²) in [7, 11) is 2.32. The number of rotatable bonds is 1. The molecule has 100 valence electrons. The van der Waals surface area contributed by atoms with E-state index in [2.05, 4.69) is 7.05 Å². The quantitative estimate of drug-likeness (QED) is 0.520. The predicted octanol–water partition coefficient (Wildman–Crippen LogP) is 1.30. The third-order valence-electron chi connectivity index (χ3n) is 5.25. The molecule has 0 saturated carbocycles. The molecule has 4 nitrogen and oxygen atoms in total. The van der Waals surface area contributed by atoms with E-state index in [1.54, 1.807) is 4.90 Å². The molecule has 0 aromatic rings. The lowest BCUT2D eigenvalue weighted by Crippen LogP contribution is -2.66. The van der Waals surface area contributed by atoms with E-state index >= 15 is 0 Å². The first-order chi connectivity index (χ1) is 8.62. The van der Waals surface area contributed by atoms with Gasteiger partial charge < -0.3 is 4.48 Å². The van der Waals surface area contributed by atoms with Crippen LogP contribution in [0.5, 0.6) is 0 Å². The number of likely N-dealkylation sites (tertiary alicyclic amines) is 1. The van der Waals surface area contributed by atoms with Gasteiger partial charge in [0, 0.05) is 19.3 Å². The van der Waals surface area contributed by atoms with E-state index in [4.69, 9.17) is 0 Å². The van der Waals surface area contributed by atoms with Gasteiger partial charge in [0.15, 0.2) is 0 Å². The molecule has 3 atom stereocenters. The van der Waals surface area contributed by atoms with E-state index in [0.29, 0.717) is 18.9 Å². The molecule has 4 heteroatoms. The second-order valence-electron chi connectivity index (χ2n) is 6.36. The van der Waals surface area contributed by atoms with Gasteiger partial charge in [0.05, 0.1) is 26.2 Å². The molecular weight excluding hydrogens is 228 g/mol. The van der Waals surface area contributed by atoms with Gasteiger partial charge in [0.1, 0.15) is 6.04 Å². The number of quaternary nitrogens is 1. The zero-order valence-electron chi connectivity index (χ0n) is 11.2. The Hall–Kier alpha value is -0.900. The van der Waals surface area contributed by atoms with Gasteiger partial charge in [-0.3, -0.25) is 14.5 Å². The molecule has 18 heavy (non-hydrogen) atoms. The van der Waals surface area contributed by atoms with Gasteiger partial charge in [-0.2, -0.15) is 0 Å². The molecule has 0 N–H and O–H groups in total. The van der Waals surface area contributed by atoms with Gasteiger partial charge in [0.25, 0.3) is 0 Å². The average molecular weight is 251 g/mol. The maximum Gasteiger partial charge on any atom is 0.230 e. The molecular formula is C14H23N2O2+. The van der Waals surface area contributed by atoms with Crippen LogP contribution in [0.1, 0.15) is 44.9 Å². The van der Waals surface area contributed by atoms with E-state index in [-0.39, 0.29) is 17.9 Å². The van der Waals surface area contributed by atoms with Crippen LogP contribution in [0.2, 0.25) is 0 Å². The zero-order chi connectivity index (χ0) is 12.8. The monoisotopic (exact) mass is 251 g/mol. The number of likely N-dealkylation sites (N-methyl/N-ethyl adjacent to an activating group) is 1. The molecule has 3 fully saturated rings. The first-order valence-electron chi connectivity index (χ1n) is 7.31. The number of nitrogens with zero attached hydrogens (tertiary/aromatic N) is 2. The molecule has 3 saturated heterocycles. The molecule has 3 aliphatic rings. The summed E-state index contributed by atoms with van der Waals surface area (Å²) in [4.78, 5) is 25.6. The average Bonchev–Trinajstić information content (AvgIpc) is 2.67. The van der Waals surface area contributed by atoms with Crippen LogP contribution in [0.3, 0.4) is 0 Å². The molecule has 3 rings (SSSR count). The SMILES string of the molecule is C[N@+]12CCCC[C@H]1[C@H](N1C(=O)CCC1=O)CCC2. The highest BCUT2D eigenvalue weighted by molar-refractivity contribution is 6.02. The van der Waals surface area contributed by atoms with Crippen molar-refractivity contribution in [2.24, 2.45) is 0 Å². The van der Waals surface area contributed by atoms with Crippen molar-refractivity contribution < 1.29 is 14.1 Å². The number of imide groups is 1. The van der Waals surface area contributed by atoms with Crippen molar-refractivity contribution >= 4 is 11.8 Å². The summed E-state index contributed by atoms with van der Waals surface area (Å²) in [6, 6.07) is 0.685. The van der Waals surface area contributed by atoms with Crippen LogP contribution in [0, 0.1) is 0 Å². The van der Waals surface area contributed by atoms with Crippen LogP contribution in [-0.2, 0) is 9.59 Å². The molecule has 0 aliphatic carbocycles. The van der Waals surface area contributed by atoms with Gasteiger partial charge in [-0.1, -0.05) is 0 Å². The van der Waals surface area contributed by atoms with Gasteiger partial charge >= 0.3 is 0 Å². The Kier molecular flexibility index (Phi) is 2.93. The van der Waals surface area contributed by atoms with E-state index in [9.17, 15) is 9.59 Å². The first-order valence-corrected chi connectivity index (χ1v) is 7.31. The van der Waals surface area contributed by atoms with Gasteiger partial charge in [-0.15, -0.1) is 0 Å². The topological polar surface area (TPSA) is 37.4 Å². The largest absolute Gasteiger partial charge is 0.322 e. The Bertz CT molecular complexity index is 362. The summed E-state index contributed by atoms with van der Waals surface area (Å²) in [5.41, 5.74) is 0. The van der Waals surface area contributed by atoms with Crippen molar-refractivity contribution in [3.8, 4) is 0 Å². The van der Waals surface area contributed by atoms with Gasteiger partial charge in [-0.05, 0) is 25.7 Å². The molecule has 3 heterocycles. The highest BCUT2D eigenvalue weighted by atomic mass is 16.2. The second kappa shape index (κ2) is 4.34. The Morgan fingerprint density at radius 1 is 1.00 bits per heavy atom. The lowest BCUT2D eigenvalue weighted by atomic mass is 9.85. The van der Waals surface area contributed by atoms with Crippen LogP contribution in [0.15, 0.2) is 0 Å². The Morgan fingerprint density at radius 2 is 1.67 bits per heavy atom. The number of hydrogen-bond donors (Lipinski definition) is 0. The summed E-state index contributed by atoms with van der Waals surface area (Å²) in [6.07, 6.45) is 6.77. The van der Waals surface area contributed by atoms with Crippen LogP contribution in [0.4, 0.5) is 0 Å². The number of amides is 2. The first kappa shape index (κ1) is 12.2. The summed E-state index contributed by atoms with van der Waals surface area (Å²) in [5, 5.41) is 0. The molecule has 0 aromatic heterocycles. The Labute approximate surface area is 109 Å². The molecule has 2 amide bonds. The van der Waals surface area contributed by atoms with E-state index in [1.165, 1.54) is 32.4 Å². The van der Waals surface area contributed by atoms with Crippen molar-refractivity contribution in [3.63, 3.8) is 0 Å². The minimum atomic E-state index is 0.0732. The van der Waals surface area contributed by atoms with Gasteiger partial charge in [0.2, 0.25) is 11.8 Å². The summed E-state index contributed by atoms with van der Waals surface area (Å²) >= 11 is 0. The third kappa shape index (κ3) is 1.78. The van der Waals surface area contributed by atoms with Crippen LogP contribution < -0.4 is 0 Å². The van der Waals surface area contributed by atoms with Crippen molar-refractivity contribution in [2.75, 3.05) is 20.1 Å². The van der Waals surface area contributed by atoms with Crippen LogP contribution in [0.25, 0.3) is 0 Å². The van der Waals surface area contributed by atoms with Crippen molar-refractivity contribution in [2.45, 2.75) is 57.0 Å². The molecule has 0 unspecified atom stereocenters. The second-order valence-corrected chi connectivity index (χ2v) is 6.36. The summed E-state index contributed by atoms with van der Waals surface area (Å²) in [6.45, 7) is 2.44. The molecule has 0 spiro atoms. The van der Waals surface area contributed by atoms with Crippen molar-refractivity contribution in [3.05, 3.63) is 0 Å². The summed E-state index contributed by atoms with van der Waals surface area (Å²) < 4.78 is 1.09. The lowest BCUT2D eigenvalue weighted by molar-refractivity contribution is -0.944. The Morgan fingerprint density at radius 3 is 2.39 bits per heavy atom. The van der Waals surface area contributed by atoms with Gasteiger partial charge in [-0.25, -0.2) is 0 Å². The standard InChI is InChI=1S/C14H23N2O2/c1-16-9-3-2-6-12(16)11(5-4-10-16)15-13(17)7-8-14(15)18/h11-12H,2-10H2,1H3/q+1/t11-,12+,16-/m1/s1. The van der Waals surface area contributed by atoms with Crippen molar-refractivity contribution in [1.82, 2.24) is 4.90 Å². The fourth-order valence-electron chi connectivity index (χ4n) is 4.31. The number of carbonyl (C=O) groups is 2. The third-order valence-corrected chi connectivity index (χ3v) is 5.25. The number of piperidine rings is 2. The maximum absolute atomic E-state index is 12.0. The molecule has 0 bridgehead atoms. The van der Waals surface area contributed by atoms with E-state index < -0.39 is 0 Å². The minimum Gasteiger partial charge on any atom is -0.322 e. The minimum absolute atomic E-state index is 0.0732. The highest BCUT2D eigenvalue weighted by Crippen LogP contribution is 2.36. The lowest BCUT2D eigenvalue weighted by Gasteiger charge is -2.52. The van der Waals surface area contributed by atoms with E-state index in [1.807, 2.05) is 0 Å². The van der Waals surface area contributed by atoms with Crippen LogP contribution >= 0.6 is 0 Å². The number of fused-ring (bicyclic) bond motifs is 1. The smallest absolute Gasteiger partial charge is 0.230 e. The fraction of sp³-hybridized carbons (Fsp3) is 0.857. The molecule has 0 aromatic carbocycles. The normalized spacial score (nSPS) is 41.1. The Balaban J connectivity index is 1.86. The predicted molar refractivity (Wildman–Crippen MR) is 67.7 cm³/mol.